The van der Waals surface area contributed by atoms with Crippen LogP contribution in [0.15, 0.2) is 18.2 Å². The van der Waals surface area contributed by atoms with E-state index < -0.39 is 5.92 Å². The Morgan fingerprint density at radius 2 is 2.06 bits per heavy atom. The van der Waals surface area contributed by atoms with Crippen molar-refractivity contribution in [2.75, 3.05) is 6.61 Å². The van der Waals surface area contributed by atoms with Crippen LogP contribution in [0.5, 0.6) is 0 Å². The third-order valence-corrected chi connectivity index (χ3v) is 3.11. The molecule has 0 aliphatic rings. The lowest BCUT2D eigenvalue weighted by atomic mass is 9.93. The number of hydrogen-bond donors (Lipinski definition) is 1. The number of nitrogens with two attached hydrogens (primary N) is 1. The van der Waals surface area contributed by atoms with Gasteiger partial charge in [0.15, 0.2) is 0 Å². The van der Waals surface area contributed by atoms with E-state index in [4.69, 9.17) is 33.7 Å². The van der Waals surface area contributed by atoms with Crippen molar-refractivity contribution in [3.8, 4) is 0 Å². The summed E-state index contributed by atoms with van der Waals surface area (Å²) in [5.41, 5.74) is 6.53. The van der Waals surface area contributed by atoms with Crippen molar-refractivity contribution in [2.24, 2.45) is 5.73 Å². The summed E-state index contributed by atoms with van der Waals surface area (Å²) in [4.78, 5) is 11.8. The number of carbonyl (C=O) groups is 1. The number of hydrogen-bond acceptors (Lipinski definition) is 3. The van der Waals surface area contributed by atoms with Crippen molar-refractivity contribution in [1.82, 2.24) is 0 Å². The van der Waals surface area contributed by atoms with Crippen LogP contribution in [-0.2, 0) is 9.53 Å². The minimum absolute atomic E-state index is 0.323. The van der Waals surface area contributed by atoms with Crippen LogP contribution in [-0.4, -0.2) is 18.6 Å². The second-order valence-electron chi connectivity index (χ2n) is 3.76. The van der Waals surface area contributed by atoms with E-state index in [2.05, 4.69) is 0 Å². The van der Waals surface area contributed by atoms with Gasteiger partial charge >= 0.3 is 5.97 Å². The molecule has 0 fully saturated rings. The molecule has 0 aliphatic carbocycles. The average Bonchev–Trinajstić information content (AvgIpc) is 2.23. The molecule has 0 heterocycles. The maximum Gasteiger partial charge on any atom is 0.314 e. The smallest absolute Gasteiger partial charge is 0.314 e. The third kappa shape index (κ3) is 3.60. The van der Waals surface area contributed by atoms with Gasteiger partial charge in [-0.25, -0.2) is 0 Å². The molecule has 94 valence electrons. The molecule has 0 amide bonds. The van der Waals surface area contributed by atoms with Crippen molar-refractivity contribution in [3.63, 3.8) is 0 Å². The van der Waals surface area contributed by atoms with Gasteiger partial charge in [0.1, 0.15) is 0 Å². The first-order valence-corrected chi connectivity index (χ1v) is 6.10. The van der Waals surface area contributed by atoms with Crippen LogP contribution in [0.4, 0.5) is 0 Å². The van der Waals surface area contributed by atoms with Gasteiger partial charge in [-0.3, -0.25) is 4.79 Å². The van der Waals surface area contributed by atoms with Crippen molar-refractivity contribution in [2.45, 2.75) is 25.8 Å². The lowest BCUT2D eigenvalue weighted by molar-refractivity contribution is -0.145. The fourth-order valence-corrected chi connectivity index (χ4v) is 1.90. The molecular weight excluding hydrogens is 261 g/mol. The Morgan fingerprint density at radius 3 is 2.53 bits per heavy atom. The lowest BCUT2D eigenvalue weighted by Crippen LogP contribution is -2.32. The van der Waals surface area contributed by atoms with Gasteiger partial charge in [-0.1, -0.05) is 29.3 Å². The Morgan fingerprint density at radius 1 is 1.41 bits per heavy atom. The quantitative estimate of drug-likeness (QED) is 0.860. The zero-order valence-electron chi connectivity index (χ0n) is 9.74. The third-order valence-electron chi connectivity index (χ3n) is 2.37. The molecule has 0 spiro atoms. The van der Waals surface area contributed by atoms with Crippen LogP contribution in [0.3, 0.4) is 0 Å². The molecule has 0 aliphatic heterocycles. The van der Waals surface area contributed by atoms with Gasteiger partial charge in [-0.15, -0.1) is 0 Å². The molecule has 1 aromatic rings. The van der Waals surface area contributed by atoms with Crippen LogP contribution in [0, 0.1) is 0 Å². The first-order chi connectivity index (χ1) is 7.97. The van der Waals surface area contributed by atoms with Gasteiger partial charge in [-0.05, 0) is 31.5 Å². The standard InChI is InChI=1S/C12H15Cl2NO2/c1-3-17-12(16)11(7(2)15)8-4-5-9(13)10(14)6-8/h4-7,11H,3,15H2,1-2H3. The van der Waals surface area contributed by atoms with E-state index in [0.717, 1.165) is 0 Å². The second-order valence-corrected chi connectivity index (χ2v) is 4.58. The van der Waals surface area contributed by atoms with Crippen LogP contribution in [0.25, 0.3) is 0 Å². The largest absolute Gasteiger partial charge is 0.465 e. The molecule has 0 saturated carbocycles. The molecule has 5 heteroatoms. The molecular formula is C12H15Cl2NO2. The topological polar surface area (TPSA) is 52.3 Å². The zero-order chi connectivity index (χ0) is 13.0. The van der Waals surface area contributed by atoms with Gasteiger partial charge in [-0.2, -0.15) is 0 Å². The highest BCUT2D eigenvalue weighted by Gasteiger charge is 2.26. The maximum atomic E-state index is 11.8. The molecule has 0 bridgehead atoms. The number of carbonyl (C=O) groups excluding carboxylic acids is 1. The summed E-state index contributed by atoms with van der Waals surface area (Å²) >= 11 is 11.7. The highest BCUT2D eigenvalue weighted by Crippen LogP contribution is 2.28. The summed E-state index contributed by atoms with van der Waals surface area (Å²) in [6, 6.07) is 4.67. The summed E-state index contributed by atoms with van der Waals surface area (Å²) in [6.45, 7) is 3.83. The van der Waals surface area contributed by atoms with E-state index in [0.29, 0.717) is 22.2 Å². The van der Waals surface area contributed by atoms with Crippen LogP contribution in [0.2, 0.25) is 10.0 Å². The van der Waals surface area contributed by atoms with E-state index >= 15 is 0 Å². The minimum Gasteiger partial charge on any atom is -0.465 e. The number of benzene rings is 1. The molecule has 0 radical (unpaired) electrons. The zero-order valence-corrected chi connectivity index (χ0v) is 11.3. The fraction of sp³-hybridized carbons (Fsp3) is 0.417. The molecule has 17 heavy (non-hydrogen) atoms. The Bertz CT molecular complexity index is 407. The first kappa shape index (κ1) is 14.3. The summed E-state index contributed by atoms with van der Waals surface area (Å²) in [5, 5.41) is 0.849. The summed E-state index contributed by atoms with van der Waals surface area (Å²) < 4.78 is 4.99. The van der Waals surface area contributed by atoms with Gasteiger partial charge in [0.2, 0.25) is 0 Å². The molecule has 3 nitrogen and oxygen atoms in total. The van der Waals surface area contributed by atoms with Crippen molar-refractivity contribution < 1.29 is 9.53 Å². The molecule has 1 rings (SSSR count). The Labute approximate surface area is 111 Å². The Hall–Kier alpha value is -0.770. The van der Waals surface area contributed by atoms with Gasteiger partial charge < -0.3 is 10.5 Å². The van der Waals surface area contributed by atoms with Gasteiger partial charge in [0.05, 0.1) is 22.6 Å². The summed E-state index contributed by atoms with van der Waals surface area (Å²) in [5.74, 6) is -0.870. The van der Waals surface area contributed by atoms with Crippen molar-refractivity contribution in [3.05, 3.63) is 33.8 Å². The number of ether oxygens (including phenoxy) is 1. The molecule has 2 N–H and O–H groups in total. The molecule has 2 atom stereocenters. The van der Waals surface area contributed by atoms with Gasteiger partial charge in [0, 0.05) is 6.04 Å². The van der Waals surface area contributed by atoms with E-state index in [1.807, 2.05) is 0 Å². The fourth-order valence-electron chi connectivity index (χ4n) is 1.59. The minimum atomic E-state index is -0.523. The predicted octanol–water partition coefficient (Wildman–Crippen LogP) is 2.99. The van der Waals surface area contributed by atoms with Crippen molar-refractivity contribution >= 4 is 29.2 Å². The number of halogens is 2. The van der Waals surface area contributed by atoms with Crippen LogP contribution < -0.4 is 5.73 Å². The Balaban J connectivity index is 3.05. The Kier molecular flexibility index (Phi) is 5.25. The summed E-state index contributed by atoms with van der Waals surface area (Å²) in [6.07, 6.45) is 0. The molecule has 2 unspecified atom stereocenters. The molecule has 0 saturated heterocycles. The highest BCUT2D eigenvalue weighted by atomic mass is 35.5. The predicted molar refractivity (Wildman–Crippen MR) is 69.5 cm³/mol. The van der Waals surface area contributed by atoms with Crippen LogP contribution >= 0.6 is 23.2 Å². The van der Waals surface area contributed by atoms with E-state index in [1.165, 1.54) is 0 Å². The molecule has 1 aromatic carbocycles. The normalized spacial score (nSPS) is 14.2. The van der Waals surface area contributed by atoms with Crippen molar-refractivity contribution in [1.29, 1.82) is 0 Å². The lowest BCUT2D eigenvalue weighted by Gasteiger charge is -2.19. The molecule has 0 aromatic heterocycles. The second kappa shape index (κ2) is 6.24. The van der Waals surface area contributed by atoms with E-state index in [-0.39, 0.29) is 12.0 Å². The number of esters is 1. The van der Waals surface area contributed by atoms with E-state index in [9.17, 15) is 4.79 Å². The SMILES string of the molecule is CCOC(=O)C(c1ccc(Cl)c(Cl)c1)C(C)N. The number of rotatable bonds is 4. The average molecular weight is 276 g/mol. The first-order valence-electron chi connectivity index (χ1n) is 5.34. The summed E-state index contributed by atoms with van der Waals surface area (Å²) in [7, 11) is 0. The maximum absolute atomic E-state index is 11.8. The highest BCUT2D eigenvalue weighted by molar-refractivity contribution is 6.42. The van der Waals surface area contributed by atoms with E-state index in [1.54, 1.807) is 32.0 Å². The van der Waals surface area contributed by atoms with Crippen LogP contribution in [0.1, 0.15) is 25.3 Å². The van der Waals surface area contributed by atoms with Gasteiger partial charge in [0.25, 0.3) is 0 Å². The monoisotopic (exact) mass is 275 g/mol.